The standard InChI is InChI=1S/C12H17ClOS/c1-2-12(6-3-4-7-12)11(14)10-9(13)5-8-15-10/h5,8,11,14H,2-4,6-7H2,1H3. The average molecular weight is 245 g/mol. The molecule has 1 aliphatic rings. The summed E-state index contributed by atoms with van der Waals surface area (Å²) in [7, 11) is 0. The van der Waals surface area contributed by atoms with Gasteiger partial charge in [0.2, 0.25) is 0 Å². The Morgan fingerprint density at radius 3 is 2.67 bits per heavy atom. The fraction of sp³-hybridized carbons (Fsp3) is 0.667. The van der Waals surface area contributed by atoms with E-state index in [0.29, 0.717) is 0 Å². The number of hydrogen-bond donors (Lipinski definition) is 1. The zero-order valence-electron chi connectivity index (χ0n) is 9.00. The maximum Gasteiger partial charge on any atom is 0.0952 e. The molecule has 0 radical (unpaired) electrons. The Morgan fingerprint density at radius 2 is 2.20 bits per heavy atom. The van der Waals surface area contributed by atoms with E-state index < -0.39 is 0 Å². The molecule has 1 aromatic heterocycles. The molecule has 1 atom stereocenters. The van der Waals surface area contributed by atoms with Crippen LogP contribution >= 0.6 is 22.9 Å². The molecule has 3 heteroatoms. The lowest BCUT2D eigenvalue weighted by molar-refractivity contribution is 0.0266. The smallest absolute Gasteiger partial charge is 0.0952 e. The van der Waals surface area contributed by atoms with Crippen molar-refractivity contribution in [2.45, 2.75) is 45.1 Å². The molecule has 1 aliphatic carbocycles. The van der Waals surface area contributed by atoms with E-state index >= 15 is 0 Å². The van der Waals surface area contributed by atoms with Gasteiger partial charge in [-0.3, -0.25) is 0 Å². The molecule has 1 fully saturated rings. The van der Waals surface area contributed by atoms with Gasteiger partial charge in [0.05, 0.1) is 16.0 Å². The molecule has 0 aromatic carbocycles. The molecule has 1 aromatic rings. The highest BCUT2D eigenvalue weighted by atomic mass is 35.5. The first-order chi connectivity index (χ1) is 7.19. The second kappa shape index (κ2) is 4.44. The lowest BCUT2D eigenvalue weighted by Crippen LogP contribution is -2.24. The van der Waals surface area contributed by atoms with E-state index in [1.807, 2.05) is 11.4 Å². The van der Waals surface area contributed by atoms with Crippen molar-refractivity contribution in [3.8, 4) is 0 Å². The summed E-state index contributed by atoms with van der Waals surface area (Å²) in [5.74, 6) is 0. The minimum Gasteiger partial charge on any atom is -0.387 e. The SMILES string of the molecule is CCC1(C(O)c2sccc2Cl)CCCC1. The molecule has 84 valence electrons. The van der Waals surface area contributed by atoms with Gasteiger partial charge in [-0.15, -0.1) is 11.3 Å². The first-order valence-corrected chi connectivity index (χ1v) is 6.86. The number of thiophene rings is 1. The quantitative estimate of drug-likeness (QED) is 0.835. The first-order valence-electron chi connectivity index (χ1n) is 5.60. The van der Waals surface area contributed by atoms with Crippen LogP contribution in [0.25, 0.3) is 0 Å². The van der Waals surface area contributed by atoms with Crippen molar-refractivity contribution in [1.29, 1.82) is 0 Å². The highest BCUT2D eigenvalue weighted by molar-refractivity contribution is 7.10. The molecule has 1 nitrogen and oxygen atoms in total. The van der Waals surface area contributed by atoms with Crippen molar-refractivity contribution in [3.05, 3.63) is 21.3 Å². The van der Waals surface area contributed by atoms with Crippen LogP contribution in [0.1, 0.15) is 50.0 Å². The lowest BCUT2D eigenvalue weighted by Gasteiger charge is -2.32. The van der Waals surface area contributed by atoms with Gasteiger partial charge in [0, 0.05) is 5.41 Å². The van der Waals surface area contributed by atoms with Crippen LogP contribution in [0.5, 0.6) is 0 Å². The fourth-order valence-electron chi connectivity index (χ4n) is 2.68. The molecule has 0 spiro atoms. The van der Waals surface area contributed by atoms with E-state index in [-0.39, 0.29) is 11.5 Å². The monoisotopic (exact) mass is 244 g/mol. The summed E-state index contributed by atoms with van der Waals surface area (Å²) >= 11 is 7.66. The molecule has 1 N–H and O–H groups in total. The van der Waals surface area contributed by atoms with Gasteiger partial charge in [-0.2, -0.15) is 0 Å². The number of rotatable bonds is 3. The van der Waals surface area contributed by atoms with Crippen LogP contribution in [0.15, 0.2) is 11.4 Å². The summed E-state index contributed by atoms with van der Waals surface area (Å²) in [6, 6.07) is 1.88. The highest BCUT2D eigenvalue weighted by Gasteiger charge is 2.40. The second-order valence-electron chi connectivity index (χ2n) is 4.46. The summed E-state index contributed by atoms with van der Waals surface area (Å²) < 4.78 is 0. The molecule has 2 rings (SSSR count). The molecular formula is C12H17ClOS. The Hall–Kier alpha value is -0.0500. The predicted molar refractivity (Wildman–Crippen MR) is 65.5 cm³/mol. The van der Waals surface area contributed by atoms with Crippen LogP contribution in [0.3, 0.4) is 0 Å². The van der Waals surface area contributed by atoms with Gasteiger partial charge in [0.25, 0.3) is 0 Å². The van der Waals surface area contributed by atoms with Crippen LogP contribution in [0.4, 0.5) is 0 Å². The molecule has 0 saturated heterocycles. The van der Waals surface area contributed by atoms with Gasteiger partial charge in [-0.05, 0) is 30.7 Å². The van der Waals surface area contributed by atoms with E-state index in [9.17, 15) is 5.11 Å². The van der Waals surface area contributed by atoms with E-state index in [1.165, 1.54) is 12.8 Å². The van der Waals surface area contributed by atoms with Gasteiger partial charge in [0.15, 0.2) is 0 Å². The third kappa shape index (κ3) is 1.95. The summed E-state index contributed by atoms with van der Waals surface area (Å²) in [5, 5.41) is 13.2. The van der Waals surface area contributed by atoms with Crippen molar-refractivity contribution in [2.75, 3.05) is 0 Å². The van der Waals surface area contributed by atoms with Crippen molar-refractivity contribution in [3.63, 3.8) is 0 Å². The van der Waals surface area contributed by atoms with Crippen LogP contribution in [0.2, 0.25) is 5.02 Å². The van der Waals surface area contributed by atoms with Crippen LogP contribution in [0, 0.1) is 5.41 Å². The summed E-state index contributed by atoms with van der Waals surface area (Å²) in [5.41, 5.74) is 0.0918. The Kier molecular flexibility index (Phi) is 3.39. The van der Waals surface area contributed by atoms with Crippen molar-refractivity contribution >= 4 is 22.9 Å². The molecule has 0 aliphatic heterocycles. The summed E-state index contributed by atoms with van der Waals surface area (Å²) in [6.45, 7) is 2.18. The molecule has 0 bridgehead atoms. The summed E-state index contributed by atoms with van der Waals surface area (Å²) in [6.07, 6.45) is 5.44. The maximum atomic E-state index is 10.5. The third-order valence-corrected chi connectivity index (χ3v) is 5.19. The number of halogens is 1. The van der Waals surface area contributed by atoms with E-state index in [1.54, 1.807) is 11.3 Å². The van der Waals surface area contributed by atoms with Gasteiger partial charge in [0.1, 0.15) is 0 Å². The van der Waals surface area contributed by atoms with Gasteiger partial charge >= 0.3 is 0 Å². The van der Waals surface area contributed by atoms with E-state index in [2.05, 4.69) is 6.92 Å². The van der Waals surface area contributed by atoms with Crippen molar-refractivity contribution in [1.82, 2.24) is 0 Å². The Bertz CT molecular complexity index is 328. The number of aliphatic hydroxyl groups excluding tert-OH is 1. The van der Waals surface area contributed by atoms with Gasteiger partial charge in [-0.1, -0.05) is 31.4 Å². The number of hydrogen-bond acceptors (Lipinski definition) is 2. The fourth-order valence-corrected chi connectivity index (χ4v) is 3.96. The Labute approximate surface area is 100 Å². The minimum atomic E-state index is -0.363. The molecule has 1 unspecified atom stereocenters. The van der Waals surface area contributed by atoms with Crippen molar-refractivity contribution < 1.29 is 5.11 Å². The Balaban J connectivity index is 2.26. The molecule has 0 amide bonds. The third-order valence-electron chi connectivity index (χ3n) is 3.78. The van der Waals surface area contributed by atoms with Gasteiger partial charge < -0.3 is 5.11 Å². The number of aliphatic hydroxyl groups is 1. The zero-order valence-corrected chi connectivity index (χ0v) is 10.6. The van der Waals surface area contributed by atoms with Gasteiger partial charge in [-0.25, -0.2) is 0 Å². The first kappa shape index (κ1) is 11.4. The minimum absolute atomic E-state index is 0.0918. The maximum absolute atomic E-state index is 10.5. The molecule has 15 heavy (non-hydrogen) atoms. The molecule has 1 heterocycles. The molecular weight excluding hydrogens is 228 g/mol. The van der Waals surface area contributed by atoms with E-state index in [4.69, 9.17) is 11.6 Å². The van der Waals surface area contributed by atoms with Crippen LogP contribution in [-0.4, -0.2) is 5.11 Å². The molecule has 1 saturated carbocycles. The summed E-state index contributed by atoms with van der Waals surface area (Å²) in [4.78, 5) is 0.959. The largest absolute Gasteiger partial charge is 0.387 e. The van der Waals surface area contributed by atoms with E-state index in [0.717, 1.165) is 29.2 Å². The topological polar surface area (TPSA) is 20.2 Å². The van der Waals surface area contributed by atoms with Crippen LogP contribution < -0.4 is 0 Å². The second-order valence-corrected chi connectivity index (χ2v) is 5.81. The zero-order chi connectivity index (χ0) is 10.9. The lowest BCUT2D eigenvalue weighted by atomic mass is 9.77. The predicted octanol–water partition coefficient (Wildman–Crippen LogP) is 4.41. The normalized spacial score (nSPS) is 21.8. The average Bonchev–Trinajstić information content (AvgIpc) is 2.86. The highest BCUT2D eigenvalue weighted by Crippen LogP contribution is 2.52. The Morgan fingerprint density at radius 1 is 1.53 bits per heavy atom. The van der Waals surface area contributed by atoms with Crippen LogP contribution in [-0.2, 0) is 0 Å². The van der Waals surface area contributed by atoms with Crippen molar-refractivity contribution in [2.24, 2.45) is 5.41 Å².